The summed E-state index contributed by atoms with van der Waals surface area (Å²) >= 11 is 2.30. The molecule has 0 aromatic carbocycles. The SMILES string of the molecule is C[CH]CI.[Zn]. The zero-order valence-electron chi connectivity index (χ0n) is 3.37. The summed E-state index contributed by atoms with van der Waals surface area (Å²) in [7, 11) is 0. The molecule has 0 aliphatic carbocycles. The third kappa shape index (κ3) is 10.9. The Hall–Kier alpha value is 1.35. The Morgan fingerprint density at radius 3 is 2.00 bits per heavy atom. The van der Waals surface area contributed by atoms with Gasteiger partial charge in [-0.2, -0.15) is 0 Å². The molecule has 0 aromatic heterocycles. The van der Waals surface area contributed by atoms with Crippen molar-refractivity contribution in [2.75, 3.05) is 4.43 Å². The van der Waals surface area contributed by atoms with Crippen molar-refractivity contribution < 1.29 is 19.5 Å². The van der Waals surface area contributed by atoms with E-state index in [9.17, 15) is 0 Å². The van der Waals surface area contributed by atoms with E-state index in [-0.39, 0.29) is 19.5 Å². The Morgan fingerprint density at radius 2 is 2.00 bits per heavy atom. The predicted octanol–water partition coefficient (Wildman–Crippen LogP) is 1.64. The minimum absolute atomic E-state index is 0. The van der Waals surface area contributed by atoms with Gasteiger partial charge < -0.3 is 0 Å². The molecule has 0 aliphatic rings. The molecule has 0 saturated heterocycles. The van der Waals surface area contributed by atoms with E-state index in [1.54, 1.807) is 0 Å². The van der Waals surface area contributed by atoms with Gasteiger partial charge in [0, 0.05) is 23.9 Å². The Balaban J connectivity index is 0. The van der Waals surface area contributed by atoms with Crippen LogP contribution >= 0.6 is 22.6 Å². The summed E-state index contributed by atoms with van der Waals surface area (Å²) in [5.41, 5.74) is 0. The fourth-order valence-corrected chi connectivity index (χ4v) is 0. The van der Waals surface area contributed by atoms with Crippen molar-refractivity contribution in [2.45, 2.75) is 6.92 Å². The second kappa shape index (κ2) is 9.02. The van der Waals surface area contributed by atoms with Gasteiger partial charge in [0.2, 0.25) is 0 Å². The van der Waals surface area contributed by atoms with Gasteiger partial charge in [0.25, 0.3) is 0 Å². The summed E-state index contributed by atoms with van der Waals surface area (Å²) in [6.07, 6.45) is 2.11. The summed E-state index contributed by atoms with van der Waals surface area (Å²) in [6, 6.07) is 0. The van der Waals surface area contributed by atoms with Gasteiger partial charge in [-0.25, -0.2) is 0 Å². The Bertz CT molecular complexity index is 8.85. The molecule has 0 atom stereocenters. The van der Waals surface area contributed by atoms with Gasteiger partial charge in [0.05, 0.1) is 0 Å². The van der Waals surface area contributed by atoms with Crippen molar-refractivity contribution in [1.29, 1.82) is 0 Å². The first-order valence-electron chi connectivity index (χ1n) is 1.25. The monoisotopic (exact) mass is 233 g/mol. The Labute approximate surface area is 59.6 Å². The van der Waals surface area contributed by atoms with Gasteiger partial charge in [-0.1, -0.05) is 29.5 Å². The summed E-state index contributed by atoms with van der Waals surface area (Å²) in [5.74, 6) is 0. The summed E-state index contributed by atoms with van der Waals surface area (Å²) in [6.45, 7) is 2.05. The Kier molecular flexibility index (Phi) is 17.3. The van der Waals surface area contributed by atoms with E-state index in [0.717, 1.165) is 4.43 Å². The molecule has 0 rings (SSSR count). The van der Waals surface area contributed by atoms with Crippen molar-refractivity contribution in [3.8, 4) is 0 Å². The molecule has 0 unspecified atom stereocenters. The molecule has 0 amide bonds. The van der Waals surface area contributed by atoms with Crippen LogP contribution in [0.2, 0.25) is 0 Å². The molecule has 0 nitrogen and oxygen atoms in total. The predicted molar refractivity (Wildman–Crippen MR) is 28.9 cm³/mol. The van der Waals surface area contributed by atoms with Crippen molar-refractivity contribution in [3.63, 3.8) is 0 Å². The van der Waals surface area contributed by atoms with Gasteiger partial charge >= 0.3 is 0 Å². The van der Waals surface area contributed by atoms with E-state index in [1.165, 1.54) is 0 Å². The summed E-state index contributed by atoms with van der Waals surface area (Å²) in [4.78, 5) is 0. The van der Waals surface area contributed by atoms with Crippen molar-refractivity contribution in [1.82, 2.24) is 0 Å². The maximum Gasteiger partial charge on any atom is 0.00238 e. The number of alkyl halides is 1. The zero-order valence-corrected chi connectivity index (χ0v) is 8.49. The van der Waals surface area contributed by atoms with Crippen LogP contribution in [0.25, 0.3) is 0 Å². The van der Waals surface area contributed by atoms with Crippen LogP contribution in [-0.2, 0) is 19.5 Å². The number of halogens is 1. The first-order valence-corrected chi connectivity index (χ1v) is 2.78. The first-order chi connectivity index (χ1) is 1.91. The van der Waals surface area contributed by atoms with E-state index in [1.807, 2.05) is 6.92 Å². The van der Waals surface area contributed by atoms with Crippen LogP contribution < -0.4 is 0 Å². The standard InChI is InChI=1S/C3H6I.Zn/c1-2-3-4;/h2H,3H2,1H3;. The van der Waals surface area contributed by atoms with Crippen LogP contribution in [0.4, 0.5) is 0 Å². The smallest absolute Gasteiger partial charge is 0.00238 e. The van der Waals surface area contributed by atoms with Crippen molar-refractivity contribution in [3.05, 3.63) is 6.42 Å². The maximum atomic E-state index is 2.30. The molecular weight excluding hydrogens is 228 g/mol. The number of hydrogen-bond acceptors (Lipinski definition) is 0. The molecule has 0 aliphatic heterocycles. The van der Waals surface area contributed by atoms with Crippen LogP contribution in [0.15, 0.2) is 0 Å². The largest absolute Gasteiger partial charge is 0.0861 e. The van der Waals surface area contributed by atoms with E-state index in [4.69, 9.17) is 0 Å². The van der Waals surface area contributed by atoms with Crippen LogP contribution in [0.5, 0.6) is 0 Å². The molecule has 0 heterocycles. The molecule has 0 bridgehead atoms. The van der Waals surface area contributed by atoms with Crippen molar-refractivity contribution >= 4 is 22.6 Å². The quantitative estimate of drug-likeness (QED) is 0.368. The second-order valence-corrected chi connectivity index (χ2v) is 1.44. The van der Waals surface area contributed by atoms with Crippen LogP contribution in [0.1, 0.15) is 6.92 Å². The van der Waals surface area contributed by atoms with Gasteiger partial charge in [-0.15, -0.1) is 0 Å². The van der Waals surface area contributed by atoms with Gasteiger partial charge in [0.1, 0.15) is 0 Å². The molecular formula is C3H6IZn. The average molecular weight is 234 g/mol. The zero-order chi connectivity index (χ0) is 3.41. The molecule has 0 N–H and O–H groups in total. The molecule has 0 saturated carbocycles. The summed E-state index contributed by atoms with van der Waals surface area (Å²) < 4.78 is 1.16. The fourth-order valence-electron chi connectivity index (χ4n) is 0. The topological polar surface area (TPSA) is 0 Å². The van der Waals surface area contributed by atoms with Crippen LogP contribution in [-0.4, -0.2) is 4.43 Å². The third-order valence-corrected chi connectivity index (χ3v) is 1.04. The summed E-state index contributed by atoms with van der Waals surface area (Å²) in [5, 5.41) is 0. The fraction of sp³-hybridized carbons (Fsp3) is 0.667. The molecule has 27 valence electrons. The molecule has 1 radical (unpaired) electrons. The molecule has 0 aromatic rings. The minimum atomic E-state index is 0. The normalized spacial score (nSPS) is 6.00. The van der Waals surface area contributed by atoms with Crippen LogP contribution in [0, 0.1) is 6.42 Å². The first kappa shape index (κ1) is 9.61. The van der Waals surface area contributed by atoms with Gasteiger partial charge in [0.15, 0.2) is 0 Å². The average Bonchev–Trinajstić information content (AvgIpc) is 1.37. The second-order valence-electron chi connectivity index (χ2n) is 0.563. The van der Waals surface area contributed by atoms with Gasteiger partial charge in [-0.05, 0) is 6.42 Å². The van der Waals surface area contributed by atoms with Gasteiger partial charge in [-0.3, -0.25) is 0 Å². The number of hydrogen-bond donors (Lipinski definition) is 0. The van der Waals surface area contributed by atoms with E-state index < -0.39 is 0 Å². The van der Waals surface area contributed by atoms with Crippen molar-refractivity contribution in [2.24, 2.45) is 0 Å². The molecule has 0 spiro atoms. The molecule has 5 heavy (non-hydrogen) atoms. The minimum Gasteiger partial charge on any atom is -0.0861 e. The number of rotatable bonds is 1. The maximum absolute atomic E-state index is 2.30. The van der Waals surface area contributed by atoms with Crippen LogP contribution in [0.3, 0.4) is 0 Å². The van der Waals surface area contributed by atoms with E-state index in [2.05, 4.69) is 29.0 Å². The molecule has 0 fully saturated rings. The van der Waals surface area contributed by atoms with E-state index >= 15 is 0 Å². The molecule has 2 heteroatoms. The Morgan fingerprint density at radius 1 is 1.80 bits per heavy atom. The van der Waals surface area contributed by atoms with E-state index in [0.29, 0.717) is 0 Å². The third-order valence-electron chi connectivity index (χ3n) is 0.154.